The third-order valence-corrected chi connectivity index (χ3v) is 6.86. The lowest BCUT2D eigenvalue weighted by Gasteiger charge is -2.16. The smallest absolute Gasteiger partial charge is 0.270 e. The average molecular weight is 480 g/mol. The fourth-order valence-corrected chi connectivity index (χ4v) is 4.71. The van der Waals surface area contributed by atoms with Gasteiger partial charge in [-0.05, 0) is 77.0 Å². The predicted molar refractivity (Wildman–Crippen MR) is 113 cm³/mol. The van der Waals surface area contributed by atoms with E-state index >= 15 is 0 Å². The van der Waals surface area contributed by atoms with Crippen LogP contribution in [-0.4, -0.2) is 26.8 Å². The summed E-state index contributed by atoms with van der Waals surface area (Å²) in [5.41, 5.74) is 7.24. The Morgan fingerprint density at radius 1 is 0.966 bits per heavy atom. The van der Waals surface area contributed by atoms with Gasteiger partial charge in [-0.25, -0.2) is 13.1 Å². The summed E-state index contributed by atoms with van der Waals surface area (Å²) in [4.78, 5) is 24.2. The van der Waals surface area contributed by atoms with Crippen LogP contribution in [0.2, 0.25) is 0 Å². The fourth-order valence-electron chi connectivity index (χ4n) is 3.16. The van der Waals surface area contributed by atoms with Gasteiger partial charge in [-0.2, -0.15) is 0 Å². The van der Waals surface area contributed by atoms with Gasteiger partial charge in [0.1, 0.15) is 0 Å². The molecule has 1 aliphatic carbocycles. The molecule has 0 atom stereocenters. The quantitative estimate of drug-likeness (QED) is 0.553. The summed E-state index contributed by atoms with van der Waals surface area (Å²) in [5, 5.41) is 0. The summed E-state index contributed by atoms with van der Waals surface area (Å²) in [5.74, 6) is -0.973. The van der Waals surface area contributed by atoms with Gasteiger partial charge in [0.15, 0.2) is 0 Å². The second kappa shape index (κ2) is 9.51. The average Bonchev–Trinajstić information content (AvgIpc) is 2.72. The van der Waals surface area contributed by atoms with Gasteiger partial charge in [0.05, 0.1) is 10.5 Å². The van der Waals surface area contributed by atoms with Crippen LogP contribution in [0.25, 0.3) is 0 Å². The second-order valence-corrected chi connectivity index (χ2v) is 9.39. The highest BCUT2D eigenvalue weighted by Gasteiger charge is 2.18. The van der Waals surface area contributed by atoms with Gasteiger partial charge in [0.25, 0.3) is 5.91 Å². The van der Waals surface area contributed by atoms with E-state index in [1.54, 1.807) is 36.4 Å². The van der Waals surface area contributed by atoms with Crippen molar-refractivity contribution in [2.75, 3.05) is 6.54 Å². The number of hydrazine groups is 1. The molecule has 0 aliphatic heterocycles. The van der Waals surface area contributed by atoms with E-state index in [1.807, 2.05) is 6.07 Å². The molecule has 0 aromatic heterocycles. The van der Waals surface area contributed by atoms with E-state index < -0.39 is 21.8 Å². The van der Waals surface area contributed by atoms with E-state index in [0.717, 1.165) is 31.2 Å². The first-order valence-electron chi connectivity index (χ1n) is 9.32. The third-order valence-electron chi connectivity index (χ3n) is 4.71. The van der Waals surface area contributed by atoms with Crippen molar-refractivity contribution in [3.8, 4) is 0 Å². The Kier molecular flexibility index (Phi) is 7.05. The predicted octanol–water partition coefficient (Wildman–Crippen LogP) is 2.46. The number of carbonyl (C=O) groups excluding carboxylic acids is 2. The Morgan fingerprint density at radius 2 is 1.69 bits per heavy atom. The molecule has 0 fully saturated rings. The highest BCUT2D eigenvalue weighted by Crippen LogP contribution is 2.24. The maximum absolute atomic E-state index is 12.5. The Balaban J connectivity index is 1.48. The van der Waals surface area contributed by atoms with E-state index in [9.17, 15) is 18.0 Å². The van der Waals surface area contributed by atoms with E-state index in [2.05, 4.69) is 31.5 Å². The number of fused-ring (bicyclic) bond motifs is 1. The van der Waals surface area contributed by atoms with Gasteiger partial charge in [-0.3, -0.25) is 20.4 Å². The van der Waals surface area contributed by atoms with Gasteiger partial charge in [0, 0.05) is 17.4 Å². The lowest BCUT2D eigenvalue weighted by Crippen LogP contribution is -2.42. The first-order chi connectivity index (χ1) is 13.9. The zero-order valence-electron chi connectivity index (χ0n) is 15.7. The van der Waals surface area contributed by atoms with Crippen molar-refractivity contribution in [1.29, 1.82) is 0 Å². The topological polar surface area (TPSA) is 104 Å². The van der Waals surface area contributed by atoms with Crippen LogP contribution in [0.15, 0.2) is 51.8 Å². The summed E-state index contributed by atoms with van der Waals surface area (Å²) < 4.78 is 28.0. The molecule has 0 bridgehead atoms. The molecule has 2 amide bonds. The monoisotopic (exact) mass is 479 g/mol. The molecular weight excluding hydrogens is 458 g/mol. The molecule has 1 aliphatic rings. The minimum Gasteiger partial charge on any atom is -0.273 e. The number of amides is 2. The molecule has 0 saturated heterocycles. The Hall–Kier alpha value is -2.23. The fraction of sp³-hybridized carbons (Fsp3) is 0.300. The molecule has 0 spiro atoms. The second-order valence-electron chi connectivity index (χ2n) is 6.77. The van der Waals surface area contributed by atoms with Crippen molar-refractivity contribution >= 4 is 37.8 Å². The maximum atomic E-state index is 12.5. The molecule has 0 saturated carbocycles. The molecular formula is C20H22BrN3O4S. The molecule has 0 unspecified atom stereocenters. The lowest BCUT2D eigenvalue weighted by atomic mass is 9.92. The molecule has 3 N–H and O–H groups in total. The summed E-state index contributed by atoms with van der Waals surface area (Å²) in [6, 6.07) is 12.0. The van der Waals surface area contributed by atoms with Crippen molar-refractivity contribution < 1.29 is 18.0 Å². The largest absolute Gasteiger partial charge is 0.273 e. The van der Waals surface area contributed by atoms with Crippen LogP contribution in [-0.2, 0) is 27.7 Å². The summed E-state index contributed by atoms with van der Waals surface area (Å²) >= 11 is 3.26. The zero-order chi connectivity index (χ0) is 20.9. The highest BCUT2D eigenvalue weighted by atomic mass is 79.9. The highest BCUT2D eigenvalue weighted by molar-refractivity contribution is 9.10. The van der Waals surface area contributed by atoms with E-state index in [0.29, 0.717) is 10.0 Å². The Bertz CT molecular complexity index is 1020. The van der Waals surface area contributed by atoms with Crippen LogP contribution in [0.1, 0.15) is 40.7 Å². The molecule has 0 radical (unpaired) electrons. The van der Waals surface area contributed by atoms with Crippen molar-refractivity contribution in [1.82, 2.24) is 15.6 Å². The minimum absolute atomic E-state index is 0.0733. The van der Waals surface area contributed by atoms with Crippen LogP contribution in [0, 0.1) is 0 Å². The molecule has 2 aromatic rings. The van der Waals surface area contributed by atoms with Crippen molar-refractivity contribution in [3.63, 3.8) is 0 Å². The summed E-state index contributed by atoms with van der Waals surface area (Å²) in [6.07, 6.45) is 3.95. The van der Waals surface area contributed by atoms with Gasteiger partial charge in [-0.1, -0.05) is 18.2 Å². The SMILES string of the molecule is O=C(CCNS(=O)(=O)c1ccc2c(c1)CCCC2)NNC(=O)c1ccccc1Br. The normalized spacial score (nSPS) is 13.4. The van der Waals surface area contributed by atoms with E-state index in [4.69, 9.17) is 0 Å². The van der Waals surface area contributed by atoms with Crippen molar-refractivity contribution in [3.05, 3.63) is 63.6 Å². The molecule has 29 heavy (non-hydrogen) atoms. The molecule has 9 heteroatoms. The van der Waals surface area contributed by atoms with Crippen molar-refractivity contribution in [2.45, 2.75) is 37.0 Å². The molecule has 0 heterocycles. The van der Waals surface area contributed by atoms with Gasteiger partial charge >= 0.3 is 0 Å². The minimum atomic E-state index is -3.69. The zero-order valence-corrected chi connectivity index (χ0v) is 18.1. The first kappa shape index (κ1) is 21.5. The van der Waals surface area contributed by atoms with Crippen LogP contribution in [0.5, 0.6) is 0 Å². The summed E-state index contributed by atoms with van der Waals surface area (Å²) in [7, 11) is -3.69. The number of sulfonamides is 1. The number of aryl methyl sites for hydroxylation is 2. The van der Waals surface area contributed by atoms with Crippen LogP contribution in [0.4, 0.5) is 0 Å². The van der Waals surface area contributed by atoms with Gasteiger partial charge in [-0.15, -0.1) is 0 Å². The number of halogens is 1. The number of hydrogen-bond donors (Lipinski definition) is 3. The number of rotatable bonds is 6. The van der Waals surface area contributed by atoms with Gasteiger partial charge < -0.3 is 0 Å². The van der Waals surface area contributed by atoms with Crippen molar-refractivity contribution in [2.24, 2.45) is 0 Å². The summed E-state index contributed by atoms with van der Waals surface area (Å²) in [6.45, 7) is -0.0733. The number of benzene rings is 2. The Labute approximate surface area is 178 Å². The third kappa shape index (κ3) is 5.65. The number of nitrogens with one attached hydrogen (secondary N) is 3. The van der Waals surface area contributed by atoms with Crippen LogP contribution < -0.4 is 15.6 Å². The van der Waals surface area contributed by atoms with Crippen LogP contribution >= 0.6 is 15.9 Å². The number of carbonyl (C=O) groups is 2. The van der Waals surface area contributed by atoms with E-state index in [-0.39, 0.29) is 17.9 Å². The van der Waals surface area contributed by atoms with Crippen LogP contribution in [0.3, 0.4) is 0 Å². The standard InChI is InChI=1S/C20H22BrN3O4S/c21-18-8-4-3-7-17(18)20(26)24-23-19(25)11-12-22-29(27,28)16-10-9-14-5-1-2-6-15(14)13-16/h3-4,7-10,13,22H,1-2,5-6,11-12H2,(H,23,25)(H,24,26). The molecule has 2 aromatic carbocycles. The Morgan fingerprint density at radius 3 is 2.45 bits per heavy atom. The lowest BCUT2D eigenvalue weighted by molar-refractivity contribution is -0.121. The number of hydrogen-bond acceptors (Lipinski definition) is 4. The van der Waals surface area contributed by atoms with E-state index in [1.165, 1.54) is 5.56 Å². The van der Waals surface area contributed by atoms with Gasteiger partial charge in [0.2, 0.25) is 15.9 Å². The molecule has 7 nitrogen and oxygen atoms in total. The first-order valence-corrected chi connectivity index (χ1v) is 11.6. The maximum Gasteiger partial charge on any atom is 0.270 e. The molecule has 3 rings (SSSR count). The molecule has 154 valence electrons.